The Morgan fingerprint density at radius 2 is 1.81 bits per heavy atom. The number of hydrogen-bond acceptors (Lipinski definition) is 4. The van der Waals surface area contributed by atoms with Gasteiger partial charge in [0, 0.05) is 5.02 Å². The van der Waals surface area contributed by atoms with Crippen molar-refractivity contribution in [2.75, 3.05) is 5.32 Å². The Bertz CT molecular complexity index is 720. The fraction of sp³-hybridized carbons (Fsp3) is 0. The third-order valence-corrected chi connectivity index (χ3v) is 3.11. The molecular weight excluding hydrogens is 341 g/mol. The topological polar surface area (TPSA) is 92.2 Å². The number of anilines is 1. The molecular formula is C12H6Cl3N3O3. The van der Waals surface area contributed by atoms with E-state index >= 15 is 0 Å². The fourth-order valence-electron chi connectivity index (χ4n) is 1.48. The van der Waals surface area contributed by atoms with Crippen molar-refractivity contribution in [1.82, 2.24) is 10.2 Å². The van der Waals surface area contributed by atoms with E-state index in [4.69, 9.17) is 39.9 Å². The van der Waals surface area contributed by atoms with Crippen molar-refractivity contribution in [2.24, 2.45) is 0 Å². The summed E-state index contributed by atoms with van der Waals surface area (Å²) in [5, 5.41) is 18.9. The van der Waals surface area contributed by atoms with Crippen molar-refractivity contribution in [1.29, 1.82) is 0 Å². The molecule has 108 valence electrons. The Hall–Kier alpha value is -1.89. The van der Waals surface area contributed by atoms with Crippen molar-refractivity contribution >= 4 is 52.4 Å². The summed E-state index contributed by atoms with van der Waals surface area (Å²) >= 11 is 17.2. The lowest BCUT2D eigenvalue weighted by atomic mass is 10.1. The summed E-state index contributed by atoms with van der Waals surface area (Å²) in [6.07, 6.45) is 0. The number of carboxylic acid groups (broad SMARTS) is 1. The van der Waals surface area contributed by atoms with Gasteiger partial charge in [-0.05, 0) is 24.3 Å². The van der Waals surface area contributed by atoms with E-state index in [1.54, 1.807) is 0 Å². The van der Waals surface area contributed by atoms with Gasteiger partial charge in [0.1, 0.15) is 0 Å². The van der Waals surface area contributed by atoms with Crippen LogP contribution in [0, 0.1) is 0 Å². The number of carboxylic acids is 1. The second-order valence-electron chi connectivity index (χ2n) is 3.81. The minimum absolute atomic E-state index is 0.00447. The number of carbonyl (C=O) groups is 2. The summed E-state index contributed by atoms with van der Waals surface area (Å²) in [5.74, 6) is -1.96. The number of carbonyl (C=O) groups excluding carboxylic acids is 1. The van der Waals surface area contributed by atoms with Gasteiger partial charge < -0.3 is 10.4 Å². The van der Waals surface area contributed by atoms with Gasteiger partial charge in [-0.25, -0.2) is 4.79 Å². The summed E-state index contributed by atoms with van der Waals surface area (Å²) in [6.45, 7) is 0. The minimum atomic E-state index is -1.28. The van der Waals surface area contributed by atoms with Crippen LogP contribution in [0.4, 0.5) is 5.69 Å². The lowest BCUT2D eigenvalue weighted by Gasteiger charge is -2.10. The normalized spacial score (nSPS) is 10.2. The third kappa shape index (κ3) is 3.60. The molecule has 0 atom stereocenters. The van der Waals surface area contributed by atoms with Crippen LogP contribution in [0.3, 0.4) is 0 Å². The molecule has 1 amide bonds. The molecule has 0 radical (unpaired) electrons. The van der Waals surface area contributed by atoms with Crippen LogP contribution in [0.1, 0.15) is 20.8 Å². The highest BCUT2D eigenvalue weighted by Crippen LogP contribution is 2.30. The summed E-state index contributed by atoms with van der Waals surface area (Å²) in [6, 6.07) is 5.22. The number of rotatable bonds is 3. The van der Waals surface area contributed by atoms with Crippen LogP contribution in [0.25, 0.3) is 0 Å². The van der Waals surface area contributed by atoms with Crippen LogP contribution in [0.15, 0.2) is 24.3 Å². The number of halogens is 3. The number of hydrogen-bond donors (Lipinski definition) is 2. The second kappa shape index (κ2) is 6.26. The first-order valence-corrected chi connectivity index (χ1v) is 6.55. The standard InChI is InChI=1S/C12H6Cl3N3O3/c13-5-3-6(12(20)21)10(7(14)4-5)16-11(19)8-1-2-9(15)18-17-8/h1-4H,(H,16,19)(H,20,21). The highest BCUT2D eigenvalue weighted by Gasteiger charge is 2.18. The molecule has 0 bridgehead atoms. The Morgan fingerprint density at radius 3 is 2.38 bits per heavy atom. The largest absolute Gasteiger partial charge is 0.478 e. The number of aromatic nitrogens is 2. The van der Waals surface area contributed by atoms with Crippen LogP contribution in [0.2, 0.25) is 15.2 Å². The fourth-order valence-corrected chi connectivity index (χ4v) is 2.13. The first-order valence-electron chi connectivity index (χ1n) is 5.41. The molecule has 0 fully saturated rings. The van der Waals surface area contributed by atoms with Gasteiger partial charge in [-0.3, -0.25) is 4.79 Å². The number of benzene rings is 1. The first-order chi connectivity index (χ1) is 9.88. The van der Waals surface area contributed by atoms with Crippen LogP contribution in [-0.2, 0) is 0 Å². The van der Waals surface area contributed by atoms with Crippen molar-refractivity contribution in [3.8, 4) is 0 Å². The molecule has 0 aliphatic heterocycles. The van der Waals surface area contributed by atoms with Gasteiger partial charge in [0.25, 0.3) is 5.91 Å². The number of nitrogens with one attached hydrogen (secondary N) is 1. The van der Waals surface area contributed by atoms with E-state index in [2.05, 4.69) is 15.5 Å². The van der Waals surface area contributed by atoms with Crippen LogP contribution >= 0.6 is 34.8 Å². The predicted molar refractivity (Wildman–Crippen MR) is 78.4 cm³/mol. The first kappa shape index (κ1) is 15.5. The average Bonchev–Trinajstić information content (AvgIpc) is 2.41. The number of aromatic carboxylic acids is 1. The summed E-state index contributed by atoms with van der Waals surface area (Å²) in [4.78, 5) is 23.2. The summed E-state index contributed by atoms with van der Waals surface area (Å²) in [7, 11) is 0. The van der Waals surface area contributed by atoms with E-state index in [1.807, 2.05) is 0 Å². The van der Waals surface area contributed by atoms with Gasteiger partial charge in [-0.1, -0.05) is 34.8 Å². The Balaban J connectivity index is 2.37. The van der Waals surface area contributed by atoms with E-state index in [0.717, 1.165) is 0 Å². The average molecular weight is 347 g/mol. The highest BCUT2D eigenvalue weighted by molar-refractivity contribution is 6.38. The van der Waals surface area contributed by atoms with Crippen molar-refractivity contribution in [3.05, 3.63) is 50.7 Å². The maximum atomic E-state index is 12.0. The number of nitrogens with zero attached hydrogens (tertiary/aromatic N) is 2. The molecule has 0 aliphatic rings. The molecule has 21 heavy (non-hydrogen) atoms. The molecule has 1 aromatic heterocycles. The Kier molecular flexibility index (Phi) is 4.62. The quantitative estimate of drug-likeness (QED) is 0.888. The van der Waals surface area contributed by atoms with Crippen LogP contribution in [0.5, 0.6) is 0 Å². The van der Waals surface area contributed by atoms with E-state index in [-0.39, 0.29) is 32.1 Å². The molecule has 6 nitrogen and oxygen atoms in total. The zero-order valence-electron chi connectivity index (χ0n) is 10.1. The van der Waals surface area contributed by atoms with Crippen LogP contribution < -0.4 is 5.32 Å². The molecule has 2 rings (SSSR count). The molecule has 0 unspecified atom stereocenters. The van der Waals surface area contributed by atoms with Crippen LogP contribution in [-0.4, -0.2) is 27.2 Å². The maximum absolute atomic E-state index is 12.0. The lowest BCUT2D eigenvalue weighted by Crippen LogP contribution is -2.17. The van der Waals surface area contributed by atoms with E-state index < -0.39 is 11.9 Å². The smallest absolute Gasteiger partial charge is 0.337 e. The molecule has 0 saturated heterocycles. The Labute approximate surface area is 133 Å². The molecule has 0 aliphatic carbocycles. The van der Waals surface area contributed by atoms with Gasteiger partial charge in [-0.2, -0.15) is 0 Å². The minimum Gasteiger partial charge on any atom is -0.478 e. The molecule has 1 aromatic carbocycles. The van der Waals surface area contributed by atoms with Gasteiger partial charge in [0.2, 0.25) is 0 Å². The van der Waals surface area contributed by atoms with Gasteiger partial charge >= 0.3 is 5.97 Å². The summed E-state index contributed by atoms with van der Waals surface area (Å²) < 4.78 is 0. The molecule has 9 heteroatoms. The molecule has 2 N–H and O–H groups in total. The van der Waals surface area contributed by atoms with Gasteiger partial charge in [0.05, 0.1) is 16.3 Å². The van der Waals surface area contributed by atoms with Crippen molar-refractivity contribution in [3.63, 3.8) is 0 Å². The van der Waals surface area contributed by atoms with Crippen molar-refractivity contribution in [2.45, 2.75) is 0 Å². The molecule has 0 spiro atoms. The number of amides is 1. The molecule has 0 saturated carbocycles. The maximum Gasteiger partial charge on any atom is 0.337 e. The second-order valence-corrected chi connectivity index (χ2v) is 5.04. The SMILES string of the molecule is O=C(Nc1c(Cl)cc(Cl)cc1C(=O)O)c1ccc(Cl)nn1. The monoisotopic (exact) mass is 345 g/mol. The van der Waals surface area contributed by atoms with Gasteiger partial charge in [-0.15, -0.1) is 10.2 Å². The zero-order valence-corrected chi connectivity index (χ0v) is 12.4. The van der Waals surface area contributed by atoms with Crippen molar-refractivity contribution < 1.29 is 14.7 Å². The highest BCUT2D eigenvalue weighted by atomic mass is 35.5. The predicted octanol–water partition coefficient (Wildman–Crippen LogP) is 3.39. The summed E-state index contributed by atoms with van der Waals surface area (Å²) in [5.41, 5.74) is -0.347. The third-order valence-electron chi connectivity index (χ3n) is 2.39. The van der Waals surface area contributed by atoms with E-state index in [9.17, 15) is 9.59 Å². The molecule has 1 heterocycles. The Morgan fingerprint density at radius 1 is 1.10 bits per heavy atom. The molecule has 2 aromatic rings. The van der Waals surface area contributed by atoms with E-state index in [0.29, 0.717) is 0 Å². The zero-order chi connectivity index (χ0) is 15.6. The van der Waals surface area contributed by atoms with E-state index in [1.165, 1.54) is 24.3 Å². The van der Waals surface area contributed by atoms with Gasteiger partial charge in [0.15, 0.2) is 10.8 Å². The lowest BCUT2D eigenvalue weighted by molar-refractivity contribution is 0.0698.